The molecule has 0 aliphatic carbocycles. The third-order valence-corrected chi connectivity index (χ3v) is 7.01. The lowest BCUT2D eigenvalue weighted by molar-refractivity contribution is 0.0206. The number of amides is 1. The summed E-state index contributed by atoms with van der Waals surface area (Å²) in [6.45, 7) is 4.93. The summed E-state index contributed by atoms with van der Waals surface area (Å²) in [5.41, 5.74) is 4.35. The standard InChI is InChI=1S/C28H28N2O3S/c1-19-7-9-21(10-8-19)28(31)29-25-23-5-3-4-6-24(23)33-27(25)26(30-15-17-32-18-16-30)20-11-13-22(34-2)14-12-20/h3-14,26H,15-18H2,1-2H3,(H,29,31)/t26-/m1/s1. The van der Waals surface area contributed by atoms with E-state index < -0.39 is 0 Å². The highest BCUT2D eigenvalue weighted by Crippen LogP contribution is 2.41. The lowest BCUT2D eigenvalue weighted by Crippen LogP contribution is -2.39. The van der Waals surface area contributed by atoms with E-state index in [2.05, 4.69) is 40.7 Å². The number of carbonyl (C=O) groups is 1. The predicted octanol–water partition coefficient (Wildman–Crippen LogP) is 6.14. The van der Waals surface area contributed by atoms with Gasteiger partial charge in [-0.2, -0.15) is 0 Å². The Balaban J connectivity index is 1.61. The number of aryl methyl sites for hydroxylation is 1. The number of thioether (sulfide) groups is 1. The molecule has 4 aromatic rings. The minimum absolute atomic E-state index is 0.138. The quantitative estimate of drug-likeness (QED) is 0.342. The molecule has 0 radical (unpaired) electrons. The van der Waals surface area contributed by atoms with Crippen molar-refractivity contribution in [2.45, 2.75) is 17.9 Å². The fourth-order valence-electron chi connectivity index (χ4n) is 4.43. The molecule has 5 rings (SSSR count). The number of anilines is 1. The maximum absolute atomic E-state index is 13.2. The third kappa shape index (κ3) is 4.62. The van der Waals surface area contributed by atoms with E-state index in [-0.39, 0.29) is 11.9 Å². The van der Waals surface area contributed by atoms with Gasteiger partial charge in [0.25, 0.3) is 5.91 Å². The molecule has 6 heteroatoms. The maximum Gasteiger partial charge on any atom is 0.255 e. The van der Waals surface area contributed by atoms with Gasteiger partial charge in [-0.1, -0.05) is 42.0 Å². The summed E-state index contributed by atoms with van der Waals surface area (Å²) in [5, 5.41) is 4.09. The van der Waals surface area contributed by atoms with Crippen LogP contribution in [0.25, 0.3) is 11.0 Å². The number of fused-ring (bicyclic) bond motifs is 1. The summed E-state index contributed by atoms with van der Waals surface area (Å²) >= 11 is 1.72. The van der Waals surface area contributed by atoms with Crippen LogP contribution in [0.3, 0.4) is 0 Å². The average Bonchev–Trinajstić information content (AvgIpc) is 3.23. The van der Waals surface area contributed by atoms with Crippen molar-refractivity contribution in [2.75, 3.05) is 37.9 Å². The van der Waals surface area contributed by atoms with Gasteiger partial charge in [0.05, 0.1) is 24.9 Å². The van der Waals surface area contributed by atoms with Gasteiger partial charge in [-0.3, -0.25) is 9.69 Å². The summed E-state index contributed by atoms with van der Waals surface area (Å²) in [5.74, 6) is 0.603. The first-order chi connectivity index (χ1) is 16.6. The van der Waals surface area contributed by atoms with Crippen LogP contribution < -0.4 is 5.32 Å². The smallest absolute Gasteiger partial charge is 0.255 e. The lowest BCUT2D eigenvalue weighted by Gasteiger charge is -2.34. The van der Waals surface area contributed by atoms with E-state index in [1.165, 1.54) is 4.90 Å². The molecule has 0 bridgehead atoms. The largest absolute Gasteiger partial charge is 0.457 e. The van der Waals surface area contributed by atoms with Crippen LogP contribution in [0.1, 0.15) is 33.3 Å². The van der Waals surface area contributed by atoms with E-state index in [1.807, 2.05) is 55.5 Å². The Morgan fingerprint density at radius 3 is 2.38 bits per heavy atom. The molecule has 1 aliphatic rings. The van der Waals surface area contributed by atoms with E-state index >= 15 is 0 Å². The number of furan rings is 1. The Bertz CT molecular complexity index is 1280. The van der Waals surface area contributed by atoms with E-state index in [0.717, 1.165) is 46.6 Å². The van der Waals surface area contributed by atoms with E-state index in [1.54, 1.807) is 11.8 Å². The molecule has 0 spiro atoms. The molecule has 0 unspecified atom stereocenters. The van der Waals surface area contributed by atoms with Crippen LogP contribution >= 0.6 is 11.8 Å². The summed E-state index contributed by atoms with van der Waals surface area (Å²) in [7, 11) is 0. The number of hydrogen-bond acceptors (Lipinski definition) is 5. The van der Waals surface area contributed by atoms with Gasteiger partial charge in [0.2, 0.25) is 0 Å². The SMILES string of the molecule is CSc1ccc([C@H](c2oc3ccccc3c2NC(=O)c2ccc(C)cc2)N2CCOCC2)cc1. The molecule has 5 nitrogen and oxygen atoms in total. The molecule has 0 saturated carbocycles. The van der Waals surface area contributed by atoms with Gasteiger partial charge in [-0.15, -0.1) is 11.8 Å². The number of benzene rings is 3. The molecule has 34 heavy (non-hydrogen) atoms. The van der Waals surface area contributed by atoms with Gasteiger partial charge in [0.15, 0.2) is 0 Å². The van der Waals surface area contributed by atoms with Crippen molar-refractivity contribution in [1.29, 1.82) is 0 Å². The van der Waals surface area contributed by atoms with Crippen molar-refractivity contribution in [3.05, 3.63) is 95.2 Å². The zero-order valence-electron chi connectivity index (χ0n) is 19.4. The first kappa shape index (κ1) is 22.7. The van der Waals surface area contributed by atoms with Crippen LogP contribution in [0.4, 0.5) is 5.69 Å². The van der Waals surface area contributed by atoms with Crippen molar-refractivity contribution in [3.63, 3.8) is 0 Å². The van der Waals surface area contributed by atoms with Crippen LogP contribution in [-0.4, -0.2) is 43.4 Å². The normalized spacial score (nSPS) is 15.4. The molecule has 1 fully saturated rings. The van der Waals surface area contributed by atoms with Crippen LogP contribution in [0.15, 0.2) is 82.1 Å². The molecule has 1 saturated heterocycles. The zero-order chi connectivity index (χ0) is 23.5. The molecule has 1 N–H and O–H groups in total. The van der Waals surface area contributed by atoms with Crippen LogP contribution in [-0.2, 0) is 4.74 Å². The molecular formula is C28H28N2O3S. The van der Waals surface area contributed by atoms with Crippen molar-refractivity contribution >= 4 is 34.3 Å². The maximum atomic E-state index is 13.2. The summed E-state index contributed by atoms with van der Waals surface area (Å²) in [6.07, 6.45) is 2.08. The van der Waals surface area contributed by atoms with Gasteiger partial charge in [0, 0.05) is 28.9 Å². The van der Waals surface area contributed by atoms with E-state index in [9.17, 15) is 4.79 Å². The number of carbonyl (C=O) groups excluding carboxylic acids is 1. The monoisotopic (exact) mass is 472 g/mol. The number of morpholine rings is 1. The topological polar surface area (TPSA) is 54.7 Å². The Morgan fingerprint density at radius 2 is 1.68 bits per heavy atom. The zero-order valence-corrected chi connectivity index (χ0v) is 20.2. The highest BCUT2D eigenvalue weighted by molar-refractivity contribution is 7.98. The molecule has 1 aromatic heterocycles. The minimum Gasteiger partial charge on any atom is -0.457 e. The van der Waals surface area contributed by atoms with Crippen molar-refractivity contribution < 1.29 is 13.9 Å². The van der Waals surface area contributed by atoms with Crippen LogP contribution in [0, 0.1) is 6.92 Å². The third-order valence-electron chi connectivity index (χ3n) is 6.27. The fourth-order valence-corrected chi connectivity index (χ4v) is 4.83. The number of hydrogen-bond donors (Lipinski definition) is 1. The molecule has 3 aromatic carbocycles. The van der Waals surface area contributed by atoms with Crippen LogP contribution in [0.5, 0.6) is 0 Å². The summed E-state index contributed by atoms with van der Waals surface area (Å²) in [4.78, 5) is 16.8. The predicted molar refractivity (Wildman–Crippen MR) is 138 cm³/mol. The lowest BCUT2D eigenvalue weighted by atomic mass is 10.00. The molecule has 1 atom stereocenters. The fraction of sp³-hybridized carbons (Fsp3) is 0.250. The summed E-state index contributed by atoms with van der Waals surface area (Å²) < 4.78 is 12.1. The number of rotatable bonds is 6. The van der Waals surface area contributed by atoms with Crippen molar-refractivity contribution in [3.8, 4) is 0 Å². The highest BCUT2D eigenvalue weighted by Gasteiger charge is 2.31. The Labute approximate surface area is 204 Å². The van der Waals surface area contributed by atoms with Gasteiger partial charge in [0.1, 0.15) is 11.3 Å². The number of nitrogens with zero attached hydrogens (tertiary/aromatic N) is 1. The van der Waals surface area contributed by atoms with E-state index in [4.69, 9.17) is 9.15 Å². The van der Waals surface area contributed by atoms with E-state index in [0.29, 0.717) is 18.8 Å². The molecule has 2 heterocycles. The second kappa shape index (κ2) is 10.1. The van der Waals surface area contributed by atoms with Gasteiger partial charge >= 0.3 is 0 Å². The molecule has 1 amide bonds. The summed E-state index contributed by atoms with van der Waals surface area (Å²) in [6, 6.07) is 23.9. The van der Waals surface area contributed by atoms with Crippen LogP contribution in [0.2, 0.25) is 0 Å². The Kier molecular flexibility index (Phi) is 6.72. The highest BCUT2D eigenvalue weighted by atomic mass is 32.2. The Morgan fingerprint density at radius 1 is 0.971 bits per heavy atom. The molecular weight excluding hydrogens is 444 g/mol. The first-order valence-electron chi connectivity index (χ1n) is 11.5. The number of nitrogens with one attached hydrogen (secondary N) is 1. The van der Waals surface area contributed by atoms with Gasteiger partial charge in [-0.05, 0) is 55.1 Å². The van der Waals surface area contributed by atoms with Gasteiger partial charge in [-0.25, -0.2) is 0 Å². The first-order valence-corrected chi connectivity index (χ1v) is 12.7. The second-order valence-electron chi connectivity index (χ2n) is 8.48. The molecule has 1 aliphatic heterocycles. The second-order valence-corrected chi connectivity index (χ2v) is 9.36. The number of para-hydroxylation sites is 1. The molecule has 174 valence electrons. The van der Waals surface area contributed by atoms with Gasteiger partial charge < -0.3 is 14.5 Å². The average molecular weight is 473 g/mol. The van der Waals surface area contributed by atoms with Crippen molar-refractivity contribution in [2.24, 2.45) is 0 Å². The Hall–Kier alpha value is -3.06. The minimum atomic E-state index is -0.147. The van der Waals surface area contributed by atoms with Crippen molar-refractivity contribution in [1.82, 2.24) is 4.90 Å². The number of ether oxygens (including phenoxy) is 1.